The Kier molecular flexibility index (Phi) is 1.96. The summed E-state index contributed by atoms with van der Waals surface area (Å²) in [5.74, 6) is 0.693. The lowest BCUT2D eigenvalue weighted by Crippen LogP contribution is -2.23. The Morgan fingerprint density at radius 3 is 3.08 bits per heavy atom. The maximum Gasteiger partial charge on any atom is 0.336 e. The van der Waals surface area contributed by atoms with Gasteiger partial charge in [0.1, 0.15) is 7.05 Å². The largest absolute Gasteiger partial charge is 0.385 e. The van der Waals surface area contributed by atoms with Crippen LogP contribution in [0.1, 0.15) is 0 Å². The molecule has 0 N–H and O–H groups in total. The zero-order valence-corrected chi connectivity index (χ0v) is 7.29. The van der Waals surface area contributed by atoms with Gasteiger partial charge in [-0.2, -0.15) is 9.67 Å². The zero-order valence-electron chi connectivity index (χ0n) is 7.29. The molecule has 4 heteroatoms. The number of anilines is 1. The number of oxazole rings is 1. The Labute approximate surface area is 76.1 Å². The van der Waals surface area contributed by atoms with E-state index < -0.39 is 0 Å². The van der Waals surface area contributed by atoms with Crippen molar-refractivity contribution >= 4 is 12.1 Å². The van der Waals surface area contributed by atoms with E-state index in [-0.39, 0.29) is 0 Å². The van der Waals surface area contributed by atoms with Gasteiger partial charge < -0.3 is 4.42 Å². The fraction of sp³-hybridized carbons (Fsp3) is 0.111. The lowest BCUT2D eigenvalue weighted by atomic mass is 10.5. The Bertz CT molecular complexity index is 360. The third kappa shape index (κ3) is 1.66. The summed E-state index contributed by atoms with van der Waals surface area (Å²) in [6.07, 6.45) is 12.7. The van der Waals surface area contributed by atoms with Gasteiger partial charge in [-0.1, -0.05) is 6.08 Å². The number of hydrazone groups is 1. The Morgan fingerprint density at radius 1 is 1.38 bits per heavy atom. The molecule has 2 heterocycles. The van der Waals surface area contributed by atoms with Crippen molar-refractivity contribution in [1.82, 2.24) is 0 Å². The molecule has 1 aliphatic rings. The van der Waals surface area contributed by atoms with Crippen LogP contribution in [0.25, 0.3) is 0 Å². The van der Waals surface area contributed by atoms with Crippen molar-refractivity contribution in [3.63, 3.8) is 0 Å². The van der Waals surface area contributed by atoms with Gasteiger partial charge in [0.05, 0.1) is 0 Å². The van der Waals surface area contributed by atoms with Gasteiger partial charge in [-0.15, -0.1) is 0 Å². The highest BCUT2D eigenvalue weighted by Crippen LogP contribution is 2.12. The van der Waals surface area contributed by atoms with Crippen LogP contribution in [0.5, 0.6) is 0 Å². The van der Waals surface area contributed by atoms with Crippen LogP contribution in [0.2, 0.25) is 0 Å². The van der Waals surface area contributed by atoms with Gasteiger partial charge in [0.15, 0.2) is 0 Å². The van der Waals surface area contributed by atoms with Gasteiger partial charge in [0.25, 0.3) is 5.88 Å². The molecule has 1 aromatic heterocycles. The molecule has 0 saturated carbocycles. The first-order valence-electron chi connectivity index (χ1n) is 3.97. The van der Waals surface area contributed by atoms with Crippen LogP contribution < -0.4 is 9.58 Å². The number of allylic oxidation sites excluding steroid dienone is 3. The van der Waals surface area contributed by atoms with Gasteiger partial charge in [0.2, 0.25) is 6.20 Å². The third-order valence-electron chi connectivity index (χ3n) is 1.61. The Balaban J connectivity index is 2.26. The predicted molar refractivity (Wildman–Crippen MR) is 49.1 cm³/mol. The molecule has 13 heavy (non-hydrogen) atoms. The number of nitrogens with zero attached hydrogens (tertiary/aromatic N) is 3. The number of aryl methyl sites for hydroxylation is 1. The highest BCUT2D eigenvalue weighted by Gasteiger charge is 2.10. The maximum absolute atomic E-state index is 5.26. The first kappa shape index (κ1) is 7.79. The summed E-state index contributed by atoms with van der Waals surface area (Å²) in [6.45, 7) is 0. The van der Waals surface area contributed by atoms with Crippen molar-refractivity contribution < 1.29 is 8.98 Å². The molecular weight excluding hydrogens is 166 g/mol. The van der Waals surface area contributed by atoms with E-state index in [9.17, 15) is 0 Å². The van der Waals surface area contributed by atoms with E-state index in [1.165, 1.54) is 0 Å². The van der Waals surface area contributed by atoms with E-state index in [2.05, 4.69) is 5.10 Å². The maximum atomic E-state index is 5.26. The van der Waals surface area contributed by atoms with Gasteiger partial charge in [-0.25, -0.2) is 5.01 Å². The average Bonchev–Trinajstić information content (AvgIpc) is 2.43. The predicted octanol–water partition coefficient (Wildman–Crippen LogP) is 0.980. The molecule has 1 aliphatic heterocycles. The van der Waals surface area contributed by atoms with Crippen LogP contribution in [0, 0.1) is 0 Å². The summed E-state index contributed by atoms with van der Waals surface area (Å²) < 4.78 is 7.09. The summed E-state index contributed by atoms with van der Waals surface area (Å²) in [6, 6.07) is 0. The molecule has 4 nitrogen and oxygen atoms in total. The number of rotatable bonds is 1. The summed E-state index contributed by atoms with van der Waals surface area (Å²) >= 11 is 0. The number of aromatic nitrogens is 1. The molecule has 0 fully saturated rings. The molecule has 0 saturated heterocycles. The lowest BCUT2D eigenvalue weighted by molar-refractivity contribution is -0.674. The van der Waals surface area contributed by atoms with Crippen molar-refractivity contribution in [2.75, 3.05) is 5.01 Å². The molecule has 0 spiro atoms. The number of hydrogen-bond donors (Lipinski definition) is 0. The minimum absolute atomic E-state index is 0.693. The molecule has 0 atom stereocenters. The molecule has 0 aliphatic carbocycles. The molecule has 0 bridgehead atoms. The van der Waals surface area contributed by atoms with Crippen molar-refractivity contribution in [2.24, 2.45) is 12.1 Å². The van der Waals surface area contributed by atoms with Crippen LogP contribution in [0.4, 0.5) is 5.88 Å². The fourth-order valence-electron chi connectivity index (χ4n) is 1.01. The highest BCUT2D eigenvalue weighted by molar-refractivity contribution is 5.73. The smallest absolute Gasteiger partial charge is 0.336 e. The van der Waals surface area contributed by atoms with Gasteiger partial charge in [-0.05, 0) is 12.2 Å². The van der Waals surface area contributed by atoms with Crippen LogP contribution in [0.3, 0.4) is 0 Å². The summed E-state index contributed by atoms with van der Waals surface area (Å²) in [7, 11) is 1.90. The normalized spacial score (nSPS) is 15.0. The van der Waals surface area contributed by atoms with Crippen LogP contribution >= 0.6 is 0 Å². The van der Waals surface area contributed by atoms with Crippen LogP contribution in [-0.2, 0) is 7.05 Å². The first-order valence-corrected chi connectivity index (χ1v) is 3.97. The van der Waals surface area contributed by atoms with Gasteiger partial charge >= 0.3 is 6.39 Å². The minimum atomic E-state index is 0.693. The standard InChI is InChI=1S/C9H10N3O/c1-11-7-9(13-8-11)12-6-4-2-3-5-10-12/h2-8H,1H3/q+1. The zero-order chi connectivity index (χ0) is 9.10. The molecule has 0 amide bonds. The van der Waals surface area contributed by atoms with E-state index in [0.717, 1.165) is 0 Å². The second-order valence-electron chi connectivity index (χ2n) is 2.69. The van der Waals surface area contributed by atoms with Gasteiger partial charge in [0, 0.05) is 12.4 Å². The second-order valence-corrected chi connectivity index (χ2v) is 2.69. The minimum Gasteiger partial charge on any atom is -0.385 e. The Hall–Kier alpha value is -1.84. The molecule has 66 valence electrons. The fourth-order valence-corrected chi connectivity index (χ4v) is 1.01. The van der Waals surface area contributed by atoms with Crippen molar-refractivity contribution in [3.8, 4) is 0 Å². The molecule has 0 radical (unpaired) electrons. The van der Waals surface area contributed by atoms with E-state index >= 15 is 0 Å². The topological polar surface area (TPSA) is 32.6 Å². The monoisotopic (exact) mass is 176 g/mol. The quantitative estimate of drug-likeness (QED) is 0.597. The van der Waals surface area contributed by atoms with Crippen LogP contribution in [0.15, 0.2) is 46.5 Å². The Morgan fingerprint density at radius 2 is 2.31 bits per heavy atom. The molecule has 2 rings (SSSR count). The van der Waals surface area contributed by atoms with Crippen LogP contribution in [-0.4, -0.2) is 6.21 Å². The van der Waals surface area contributed by atoms with E-state index in [0.29, 0.717) is 5.88 Å². The summed E-state index contributed by atoms with van der Waals surface area (Å²) in [5.41, 5.74) is 0. The second kappa shape index (κ2) is 3.26. The van der Waals surface area contributed by atoms with Crippen molar-refractivity contribution in [3.05, 3.63) is 37.0 Å². The van der Waals surface area contributed by atoms with E-state index in [1.807, 2.05) is 42.2 Å². The molecular formula is C9H10N3O+. The third-order valence-corrected chi connectivity index (χ3v) is 1.61. The van der Waals surface area contributed by atoms with E-state index in [4.69, 9.17) is 4.42 Å². The summed E-state index contributed by atoms with van der Waals surface area (Å²) in [4.78, 5) is 0. The van der Waals surface area contributed by atoms with E-state index in [1.54, 1.807) is 17.6 Å². The number of hydrogen-bond acceptors (Lipinski definition) is 3. The van der Waals surface area contributed by atoms with Crippen molar-refractivity contribution in [1.29, 1.82) is 0 Å². The SMILES string of the molecule is C[n+]1coc(N2C=CC=CC=N2)c1. The molecule has 1 aromatic rings. The summed E-state index contributed by atoms with van der Waals surface area (Å²) in [5, 5.41) is 5.80. The van der Waals surface area contributed by atoms with Crippen molar-refractivity contribution in [2.45, 2.75) is 0 Å². The average molecular weight is 176 g/mol. The molecule has 0 aromatic carbocycles. The lowest BCUT2D eigenvalue weighted by Gasteiger charge is -2.05. The first-order chi connectivity index (χ1) is 6.36. The highest BCUT2D eigenvalue weighted by atomic mass is 16.4. The van der Waals surface area contributed by atoms with Gasteiger partial charge in [-0.3, -0.25) is 0 Å². The molecule has 0 unspecified atom stereocenters.